The Labute approximate surface area is 170 Å². The first-order valence-corrected chi connectivity index (χ1v) is 11.4. The number of aliphatic imine (C=N–C) groups is 1. The number of nitrogens with one attached hydrogen (secondary N) is 2. The molecule has 2 heterocycles. The van der Waals surface area contributed by atoms with Crippen LogP contribution in [0.15, 0.2) is 15.6 Å². The molecule has 6 nitrogen and oxygen atoms in total. The van der Waals surface area contributed by atoms with E-state index in [1.807, 2.05) is 7.05 Å². The van der Waals surface area contributed by atoms with Gasteiger partial charge in [-0.15, -0.1) is 0 Å². The molecule has 6 heteroatoms. The van der Waals surface area contributed by atoms with E-state index in [0.29, 0.717) is 18.5 Å². The van der Waals surface area contributed by atoms with E-state index >= 15 is 0 Å². The lowest BCUT2D eigenvalue weighted by atomic mass is 9.92. The summed E-state index contributed by atoms with van der Waals surface area (Å²) in [5.74, 6) is 2.22. The van der Waals surface area contributed by atoms with Gasteiger partial charge in [0.15, 0.2) is 11.7 Å². The second-order valence-electron chi connectivity index (χ2n) is 8.40. The summed E-state index contributed by atoms with van der Waals surface area (Å²) < 4.78 is 5.51. The maximum atomic E-state index is 5.51. The van der Waals surface area contributed by atoms with Crippen LogP contribution in [0, 0.1) is 0 Å². The summed E-state index contributed by atoms with van der Waals surface area (Å²) in [6.45, 7) is 7.44. The molecule has 1 aliphatic heterocycles. The van der Waals surface area contributed by atoms with Crippen LogP contribution in [0.25, 0.3) is 0 Å². The number of nitrogens with zero attached hydrogens (tertiary/aromatic N) is 3. The lowest BCUT2D eigenvalue weighted by Gasteiger charge is -2.39. The molecule has 2 aliphatic rings. The Morgan fingerprint density at radius 3 is 2.54 bits per heavy atom. The molecule has 0 atom stereocenters. The summed E-state index contributed by atoms with van der Waals surface area (Å²) >= 11 is 0. The molecule has 3 rings (SSSR count). The third kappa shape index (κ3) is 5.72. The van der Waals surface area contributed by atoms with E-state index in [2.05, 4.69) is 45.6 Å². The molecule has 1 aromatic rings. The van der Waals surface area contributed by atoms with Crippen molar-refractivity contribution in [2.45, 2.75) is 96.2 Å². The Bertz CT molecular complexity index is 596. The van der Waals surface area contributed by atoms with Gasteiger partial charge in [0.1, 0.15) is 0 Å². The summed E-state index contributed by atoms with van der Waals surface area (Å²) in [5, 5.41) is 11.2. The highest BCUT2D eigenvalue weighted by atomic mass is 16.5. The fourth-order valence-corrected chi connectivity index (χ4v) is 4.73. The number of guanidine groups is 1. The summed E-state index contributed by atoms with van der Waals surface area (Å²) in [6, 6.07) is 3.42. The fourth-order valence-electron chi connectivity index (χ4n) is 4.73. The smallest absolute Gasteiger partial charge is 0.191 e. The Morgan fingerprint density at radius 1 is 1.18 bits per heavy atom. The van der Waals surface area contributed by atoms with Gasteiger partial charge in [-0.3, -0.25) is 4.99 Å². The van der Waals surface area contributed by atoms with Crippen LogP contribution in [-0.2, 0) is 6.54 Å². The van der Waals surface area contributed by atoms with Crippen LogP contribution < -0.4 is 10.6 Å². The molecular weight excluding hydrogens is 350 g/mol. The van der Waals surface area contributed by atoms with Gasteiger partial charge in [0.2, 0.25) is 0 Å². The van der Waals surface area contributed by atoms with Gasteiger partial charge in [-0.05, 0) is 38.5 Å². The SMILES string of the molecule is CCC(CC)c1cc(CNC(=NC)NC2CCN(C3CCCCC3)CC2)on1. The average molecular weight is 390 g/mol. The van der Waals surface area contributed by atoms with Gasteiger partial charge in [0, 0.05) is 44.2 Å². The lowest BCUT2D eigenvalue weighted by Crippen LogP contribution is -2.50. The van der Waals surface area contributed by atoms with E-state index in [1.165, 1.54) is 58.0 Å². The molecule has 1 aromatic heterocycles. The van der Waals surface area contributed by atoms with Crippen molar-refractivity contribution in [3.05, 3.63) is 17.5 Å². The molecule has 158 valence electrons. The van der Waals surface area contributed by atoms with Gasteiger partial charge >= 0.3 is 0 Å². The van der Waals surface area contributed by atoms with Crippen molar-refractivity contribution in [1.29, 1.82) is 0 Å². The molecule has 0 radical (unpaired) electrons. The number of hydrogen-bond acceptors (Lipinski definition) is 4. The molecule has 1 saturated heterocycles. The first-order chi connectivity index (χ1) is 13.7. The Kier molecular flexibility index (Phi) is 8.19. The van der Waals surface area contributed by atoms with Gasteiger partial charge in [-0.1, -0.05) is 38.3 Å². The van der Waals surface area contributed by atoms with Crippen LogP contribution in [0.3, 0.4) is 0 Å². The number of aromatic nitrogens is 1. The first-order valence-electron chi connectivity index (χ1n) is 11.4. The summed E-state index contributed by atoms with van der Waals surface area (Å²) in [6.07, 6.45) is 11.6. The molecule has 1 saturated carbocycles. The molecule has 1 aliphatic carbocycles. The Morgan fingerprint density at radius 2 is 1.89 bits per heavy atom. The molecule has 2 fully saturated rings. The Hall–Kier alpha value is -1.56. The van der Waals surface area contributed by atoms with Crippen molar-refractivity contribution >= 4 is 5.96 Å². The average Bonchev–Trinajstić information content (AvgIpc) is 3.22. The van der Waals surface area contributed by atoms with E-state index in [9.17, 15) is 0 Å². The van der Waals surface area contributed by atoms with E-state index in [-0.39, 0.29) is 0 Å². The van der Waals surface area contributed by atoms with Crippen LogP contribution in [-0.4, -0.2) is 48.2 Å². The minimum Gasteiger partial charge on any atom is -0.359 e. The highest BCUT2D eigenvalue weighted by Crippen LogP contribution is 2.25. The van der Waals surface area contributed by atoms with Crippen LogP contribution in [0.4, 0.5) is 0 Å². The minimum atomic E-state index is 0.490. The maximum absolute atomic E-state index is 5.51. The van der Waals surface area contributed by atoms with Crippen LogP contribution in [0.2, 0.25) is 0 Å². The summed E-state index contributed by atoms with van der Waals surface area (Å²) in [7, 11) is 1.84. The van der Waals surface area contributed by atoms with Gasteiger partial charge in [0.25, 0.3) is 0 Å². The number of rotatable bonds is 7. The zero-order valence-electron chi connectivity index (χ0n) is 18.0. The van der Waals surface area contributed by atoms with Crippen molar-refractivity contribution in [3.63, 3.8) is 0 Å². The second-order valence-corrected chi connectivity index (χ2v) is 8.40. The molecule has 2 N–H and O–H groups in total. The van der Waals surface area contributed by atoms with Gasteiger partial charge in [-0.2, -0.15) is 0 Å². The Balaban J connectivity index is 1.41. The van der Waals surface area contributed by atoms with Gasteiger partial charge in [-0.25, -0.2) is 0 Å². The zero-order valence-corrected chi connectivity index (χ0v) is 18.0. The summed E-state index contributed by atoms with van der Waals surface area (Å²) in [5.41, 5.74) is 1.07. The van der Waals surface area contributed by atoms with Crippen LogP contribution in [0.5, 0.6) is 0 Å². The second kappa shape index (κ2) is 10.8. The van der Waals surface area contributed by atoms with Gasteiger partial charge in [0.05, 0.1) is 12.2 Å². The number of piperidine rings is 1. The molecule has 0 unspecified atom stereocenters. The highest BCUT2D eigenvalue weighted by molar-refractivity contribution is 5.79. The van der Waals surface area contributed by atoms with E-state index in [0.717, 1.165) is 36.3 Å². The monoisotopic (exact) mass is 389 g/mol. The highest BCUT2D eigenvalue weighted by Gasteiger charge is 2.26. The summed E-state index contributed by atoms with van der Waals surface area (Å²) in [4.78, 5) is 7.12. The molecule has 0 aromatic carbocycles. The molecule has 0 bridgehead atoms. The van der Waals surface area contributed by atoms with E-state index in [4.69, 9.17) is 4.52 Å². The first kappa shape index (κ1) is 21.2. The molecule has 0 spiro atoms. The van der Waals surface area contributed by atoms with Crippen LogP contribution in [0.1, 0.15) is 89.0 Å². The lowest BCUT2D eigenvalue weighted by molar-refractivity contribution is 0.119. The topological polar surface area (TPSA) is 65.7 Å². The third-order valence-electron chi connectivity index (χ3n) is 6.60. The predicted octanol–water partition coefficient (Wildman–Crippen LogP) is 4.04. The van der Waals surface area contributed by atoms with Crippen molar-refractivity contribution < 1.29 is 4.52 Å². The largest absolute Gasteiger partial charge is 0.359 e. The number of hydrogen-bond donors (Lipinski definition) is 2. The number of likely N-dealkylation sites (tertiary alicyclic amines) is 1. The predicted molar refractivity (Wildman–Crippen MR) is 115 cm³/mol. The standard InChI is InChI=1S/C22H39N5O/c1-4-17(5-2)21-15-20(28-26-21)16-24-22(23-3)25-18-11-13-27(14-12-18)19-9-7-6-8-10-19/h15,17-19H,4-14,16H2,1-3H3,(H2,23,24,25). The zero-order chi connectivity index (χ0) is 19.8. The van der Waals surface area contributed by atoms with Crippen molar-refractivity contribution in [2.75, 3.05) is 20.1 Å². The molecule has 28 heavy (non-hydrogen) atoms. The maximum Gasteiger partial charge on any atom is 0.191 e. The normalized spacial score (nSPS) is 20.6. The van der Waals surface area contributed by atoms with Crippen molar-refractivity contribution in [2.24, 2.45) is 4.99 Å². The van der Waals surface area contributed by atoms with E-state index < -0.39 is 0 Å². The molecular formula is C22H39N5O. The third-order valence-corrected chi connectivity index (χ3v) is 6.60. The van der Waals surface area contributed by atoms with E-state index in [1.54, 1.807) is 0 Å². The van der Waals surface area contributed by atoms with Gasteiger partial charge < -0.3 is 20.1 Å². The molecule has 0 amide bonds. The fraction of sp³-hybridized carbons (Fsp3) is 0.818. The quantitative estimate of drug-likeness (QED) is 0.544. The van der Waals surface area contributed by atoms with Crippen molar-refractivity contribution in [3.8, 4) is 0 Å². The van der Waals surface area contributed by atoms with Crippen LogP contribution >= 0.6 is 0 Å². The van der Waals surface area contributed by atoms with Crippen molar-refractivity contribution in [1.82, 2.24) is 20.7 Å². The minimum absolute atomic E-state index is 0.490.